The van der Waals surface area contributed by atoms with Crippen molar-refractivity contribution in [2.75, 3.05) is 36.5 Å². The zero-order chi connectivity index (χ0) is 21.5. The van der Waals surface area contributed by atoms with Crippen LogP contribution in [-0.2, 0) is 4.79 Å². The average Bonchev–Trinajstić information content (AvgIpc) is 3.03. The van der Waals surface area contributed by atoms with Gasteiger partial charge in [-0.15, -0.1) is 0 Å². The summed E-state index contributed by atoms with van der Waals surface area (Å²) in [6, 6.07) is 1.85. The minimum absolute atomic E-state index is 0.227. The van der Waals surface area contributed by atoms with Crippen molar-refractivity contribution in [3.63, 3.8) is 0 Å². The minimum atomic E-state index is -1.08. The van der Waals surface area contributed by atoms with Crippen LogP contribution in [0.4, 0.5) is 16.3 Å². The molecule has 0 unspecified atom stereocenters. The lowest BCUT2D eigenvalue weighted by Crippen LogP contribution is -2.50. The van der Waals surface area contributed by atoms with Gasteiger partial charge in [-0.2, -0.15) is 0 Å². The van der Waals surface area contributed by atoms with E-state index < -0.39 is 11.5 Å². The van der Waals surface area contributed by atoms with Crippen molar-refractivity contribution >= 4 is 35.1 Å². The maximum absolute atomic E-state index is 13.5. The van der Waals surface area contributed by atoms with Gasteiger partial charge in [0, 0.05) is 32.7 Å². The smallest absolute Gasteiger partial charge is 0.411 e. The van der Waals surface area contributed by atoms with Gasteiger partial charge in [0.1, 0.15) is 5.82 Å². The second-order valence-corrected chi connectivity index (χ2v) is 9.26. The Morgan fingerprint density at radius 2 is 2.00 bits per heavy atom. The summed E-state index contributed by atoms with van der Waals surface area (Å²) in [5, 5.41) is 19.3. The van der Waals surface area contributed by atoms with Gasteiger partial charge in [0.25, 0.3) is 0 Å². The van der Waals surface area contributed by atoms with Gasteiger partial charge in [-0.1, -0.05) is 11.6 Å². The number of hydrogen-bond acceptors (Lipinski definition) is 5. The lowest BCUT2D eigenvalue weighted by atomic mass is 9.78. The lowest BCUT2D eigenvalue weighted by Gasteiger charge is -2.41. The molecule has 3 heterocycles. The van der Waals surface area contributed by atoms with E-state index in [9.17, 15) is 14.7 Å². The van der Waals surface area contributed by atoms with Crippen LogP contribution >= 0.6 is 11.6 Å². The molecule has 2 aliphatic heterocycles. The molecule has 1 spiro atoms. The molecule has 1 atom stereocenters. The molecule has 164 valence electrons. The van der Waals surface area contributed by atoms with E-state index >= 15 is 0 Å². The maximum Gasteiger partial charge on any atom is 0.411 e. The molecular weight excluding hydrogens is 408 g/mol. The number of nitrogens with zero attached hydrogens (tertiary/aromatic N) is 4. The van der Waals surface area contributed by atoms with Gasteiger partial charge in [-0.3, -0.25) is 9.69 Å². The third-order valence-electron chi connectivity index (χ3n) is 7.01. The highest BCUT2D eigenvalue weighted by molar-refractivity contribution is 6.33. The Morgan fingerprint density at radius 3 is 2.67 bits per heavy atom. The molecule has 2 N–H and O–H groups in total. The average molecular weight is 437 g/mol. The van der Waals surface area contributed by atoms with E-state index in [0.29, 0.717) is 23.1 Å². The van der Waals surface area contributed by atoms with Crippen LogP contribution in [0, 0.1) is 5.41 Å². The van der Waals surface area contributed by atoms with E-state index in [0.717, 1.165) is 62.9 Å². The van der Waals surface area contributed by atoms with Crippen LogP contribution in [0.1, 0.15) is 44.9 Å². The Balaban J connectivity index is 1.49. The quantitative estimate of drug-likeness (QED) is 0.756. The molecule has 3 aliphatic rings. The van der Waals surface area contributed by atoms with Gasteiger partial charge >= 0.3 is 6.09 Å². The number of aliphatic hydroxyl groups excluding tert-OH is 1. The second kappa shape index (κ2) is 8.23. The van der Waals surface area contributed by atoms with Crippen LogP contribution < -0.4 is 9.80 Å². The summed E-state index contributed by atoms with van der Waals surface area (Å²) < 4.78 is 0. The number of anilines is 2. The number of hydrogen-bond donors (Lipinski definition) is 2. The molecule has 1 aliphatic carbocycles. The Labute approximate surface area is 181 Å². The Hall–Kier alpha value is -2.06. The Morgan fingerprint density at radius 1 is 1.27 bits per heavy atom. The molecule has 0 radical (unpaired) electrons. The first kappa shape index (κ1) is 21.2. The predicted octanol–water partition coefficient (Wildman–Crippen LogP) is 2.97. The van der Waals surface area contributed by atoms with Gasteiger partial charge in [-0.05, 0) is 51.0 Å². The largest absolute Gasteiger partial charge is 0.465 e. The highest BCUT2D eigenvalue weighted by Crippen LogP contribution is 2.44. The van der Waals surface area contributed by atoms with Gasteiger partial charge < -0.3 is 20.0 Å². The summed E-state index contributed by atoms with van der Waals surface area (Å²) in [7, 11) is 1.45. The number of carbonyl (C=O) groups is 2. The van der Waals surface area contributed by atoms with E-state index in [1.54, 1.807) is 6.07 Å². The fraction of sp³-hybridized carbons (Fsp3) is 0.667. The van der Waals surface area contributed by atoms with Crippen molar-refractivity contribution in [3.05, 3.63) is 17.3 Å². The summed E-state index contributed by atoms with van der Waals surface area (Å²) in [6.45, 7) is 2.13. The second-order valence-electron chi connectivity index (χ2n) is 8.86. The highest BCUT2D eigenvalue weighted by atomic mass is 35.5. The number of piperidine rings is 1. The number of halogens is 1. The molecule has 30 heavy (non-hydrogen) atoms. The molecule has 1 saturated carbocycles. The van der Waals surface area contributed by atoms with Gasteiger partial charge in [0.2, 0.25) is 5.91 Å². The fourth-order valence-corrected chi connectivity index (χ4v) is 5.48. The van der Waals surface area contributed by atoms with Crippen molar-refractivity contribution in [2.45, 2.75) is 57.1 Å². The molecule has 0 aromatic carbocycles. The molecule has 0 bridgehead atoms. The monoisotopic (exact) mass is 436 g/mol. The SMILES string of the molecule is CN(C(=O)O)c1cnc(N2CCC[C@]3(CCN([C@H]4CC[C@@H](O)CC4)C3=O)C2)c(Cl)c1. The topological polar surface area (TPSA) is 97.2 Å². The summed E-state index contributed by atoms with van der Waals surface area (Å²) >= 11 is 6.46. The van der Waals surface area contributed by atoms with E-state index in [1.165, 1.54) is 13.2 Å². The maximum atomic E-state index is 13.5. The van der Waals surface area contributed by atoms with E-state index in [-0.39, 0.29) is 18.1 Å². The zero-order valence-electron chi connectivity index (χ0n) is 17.3. The molecule has 9 heteroatoms. The van der Waals surface area contributed by atoms with Crippen LogP contribution in [0.5, 0.6) is 0 Å². The summed E-state index contributed by atoms with van der Waals surface area (Å²) in [4.78, 5) is 34.3. The number of likely N-dealkylation sites (tertiary alicyclic amines) is 1. The first-order valence-corrected chi connectivity index (χ1v) is 11.0. The molecule has 1 aromatic heterocycles. The van der Waals surface area contributed by atoms with Crippen LogP contribution in [0.2, 0.25) is 5.02 Å². The molecule has 4 rings (SSSR count). The summed E-state index contributed by atoms with van der Waals surface area (Å²) in [5.74, 6) is 0.831. The number of aromatic nitrogens is 1. The first-order chi connectivity index (χ1) is 14.3. The predicted molar refractivity (Wildman–Crippen MR) is 114 cm³/mol. The van der Waals surface area contributed by atoms with Crippen molar-refractivity contribution in [3.8, 4) is 0 Å². The van der Waals surface area contributed by atoms with Crippen LogP contribution in [-0.4, -0.2) is 70.9 Å². The molecule has 3 fully saturated rings. The number of carboxylic acid groups (broad SMARTS) is 1. The van der Waals surface area contributed by atoms with Crippen molar-refractivity contribution < 1.29 is 19.8 Å². The van der Waals surface area contributed by atoms with Crippen LogP contribution in [0.3, 0.4) is 0 Å². The number of pyridine rings is 1. The fourth-order valence-electron chi connectivity index (χ4n) is 5.20. The van der Waals surface area contributed by atoms with E-state index in [2.05, 4.69) is 14.8 Å². The molecule has 1 aromatic rings. The number of carbonyl (C=O) groups excluding carboxylic acids is 1. The molecule has 8 nitrogen and oxygen atoms in total. The normalized spacial score (nSPS) is 29.5. The number of rotatable bonds is 3. The highest BCUT2D eigenvalue weighted by Gasteiger charge is 2.51. The van der Waals surface area contributed by atoms with E-state index in [4.69, 9.17) is 16.7 Å². The molecule has 2 saturated heterocycles. The molecular formula is C21H29ClN4O4. The van der Waals surface area contributed by atoms with Gasteiger partial charge in [0.15, 0.2) is 0 Å². The summed E-state index contributed by atoms with van der Waals surface area (Å²) in [5.41, 5.74) is 0.00105. The zero-order valence-corrected chi connectivity index (χ0v) is 18.0. The Bertz CT molecular complexity index is 829. The van der Waals surface area contributed by atoms with Crippen molar-refractivity contribution in [2.24, 2.45) is 5.41 Å². The Kier molecular flexibility index (Phi) is 5.81. The van der Waals surface area contributed by atoms with Crippen LogP contribution in [0.25, 0.3) is 0 Å². The van der Waals surface area contributed by atoms with Gasteiger partial charge in [-0.25, -0.2) is 9.78 Å². The third-order valence-corrected chi connectivity index (χ3v) is 7.29. The minimum Gasteiger partial charge on any atom is -0.465 e. The standard InChI is InChI=1S/C21H29ClN4O4/c1-24(20(29)30)15-11-17(22)18(23-12-15)25-9-2-7-21(13-25)8-10-26(19(21)28)14-3-5-16(27)6-4-14/h11-12,14,16,27H,2-10,13H2,1H3,(H,29,30)/t14-,16+,21-/m0/s1. The van der Waals surface area contributed by atoms with E-state index in [1.807, 2.05) is 0 Å². The summed E-state index contributed by atoms with van der Waals surface area (Å²) in [6.07, 6.45) is 6.07. The van der Waals surface area contributed by atoms with Crippen LogP contribution in [0.15, 0.2) is 12.3 Å². The van der Waals surface area contributed by atoms with Gasteiger partial charge in [0.05, 0.1) is 28.4 Å². The first-order valence-electron chi connectivity index (χ1n) is 10.7. The van der Waals surface area contributed by atoms with Crippen molar-refractivity contribution in [1.82, 2.24) is 9.88 Å². The lowest BCUT2D eigenvalue weighted by molar-refractivity contribution is -0.139. The number of amides is 2. The number of aliphatic hydroxyl groups is 1. The third kappa shape index (κ3) is 3.83. The molecule has 2 amide bonds. The van der Waals surface area contributed by atoms with Crippen molar-refractivity contribution in [1.29, 1.82) is 0 Å².